The summed E-state index contributed by atoms with van der Waals surface area (Å²) >= 11 is 0. The molecule has 0 aliphatic rings. The second-order valence-corrected chi connectivity index (χ2v) is 13.3. The van der Waals surface area contributed by atoms with Gasteiger partial charge in [-0.3, -0.25) is 0 Å². The molecule has 36 heavy (non-hydrogen) atoms. The van der Waals surface area contributed by atoms with Gasteiger partial charge in [-0.15, -0.1) is 0 Å². The Morgan fingerprint density at radius 3 is 1.06 bits per heavy atom. The lowest BCUT2D eigenvalue weighted by atomic mass is 10.2. The van der Waals surface area contributed by atoms with Gasteiger partial charge in [-0.2, -0.15) is 0 Å². The minimum absolute atomic E-state index is 0.532. The van der Waals surface area contributed by atoms with Crippen LogP contribution in [0.2, 0.25) is 19.6 Å². The molecule has 1 aromatic carbocycles. The third-order valence-electron chi connectivity index (χ3n) is 4.48. The summed E-state index contributed by atoms with van der Waals surface area (Å²) in [6.07, 6.45) is 0. The van der Waals surface area contributed by atoms with Gasteiger partial charge in [0.15, 0.2) is 8.32 Å². The topological polar surface area (TPSA) is 83.1 Å². The number of benzene rings is 1. The van der Waals surface area contributed by atoms with E-state index in [-0.39, 0.29) is 0 Å². The molecule has 9 nitrogen and oxygen atoms in total. The maximum atomic E-state index is 5.71. The number of hydrogen-bond donors (Lipinski definition) is 0. The van der Waals surface area contributed by atoms with E-state index in [2.05, 4.69) is 19.6 Å². The van der Waals surface area contributed by atoms with Crippen LogP contribution in [0.1, 0.15) is 5.56 Å². The summed E-state index contributed by atoms with van der Waals surface area (Å²) in [4.78, 5) is 0. The number of ether oxygens (including phenoxy) is 8. The molecular weight excluding hydrogens is 484 g/mol. The van der Waals surface area contributed by atoms with Crippen molar-refractivity contribution in [2.45, 2.75) is 26.2 Å². The van der Waals surface area contributed by atoms with Crippen molar-refractivity contribution in [3.63, 3.8) is 0 Å². The van der Waals surface area contributed by atoms with Crippen LogP contribution in [0.4, 0.5) is 0 Å². The highest BCUT2D eigenvalue weighted by molar-refractivity contribution is 6.69. The van der Waals surface area contributed by atoms with E-state index in [9.17, 15) is 0 Å². The molecule has 1 rings (SSSR count). The van der Waals surface area contributed by atoms with Gasteiger partial charge in [0, 0.05) is 0 Å². The van der Waals surface area contributed by atoms with Gasteiger partial charge < -0.3 is 42.3 Å². The third-order valence-corrected chi connectivity index (χ3v) is 5.55. The van der Waals surface area contributed by atoms with E-state index in [0.29, 0.717) is 112 Å². The standard InChI is InChI=1S/C26H48O9Si/c1-36(2,3)35-24-23-33-20-19-31-16-15-29-12-11-27-9-10-28-13-14-30-17-18-32-21-22-34-25-26-7-5-4-6-8-26/h4-8H,9-25H2,1-3H3. The lowest BCUT2D eigenvalue weighted by molar-refractivity contribution is -0.0241. The predicted molar refractivity (Wildman–Crippen MR) is 141 cm³/mol. The van der Waals surface area contributed by atoms with Crippen LogP contribution in [0, 0.1) is 0 Å². The Morgan fingerprint density at radius 1 is 0.417 bits per heavy atom. The van der Waals surface area contributed by atoms with Crippen molar-refractivity contribution in [2.24, 2.45) is 0 Å². The van der Waals surface area contributed by atoms with Crippen LogP contribution in [-0.4, -0.2) is 114 Å². The fourth-order valence-electron chi connectivity index (χ4n) is 2.71. The SMILES string of the molecule is C[Si](C)(C)OCCOCCOCCOCCOCCOCCOCCOCCOCc1ccccc1. The smallest absolute Gasteiger partial charge is 0.183 e. The van der Waals surface area contributed by atoms with Crippen LogP contribution in [0.3, 0.4) is 0 Å². The fourth-order valence-corrected chi connectivity index (χ4v) is 3.41. The van der Waals surface area contributed by atoms with E-state index in [0.717, 1.165) is 5.56 Å². The molecule has 210 valence electrons. The molecule has 0 fully saturated rings. The minimum Gasteiger partial charge on any atom is -0.415 e. The highest BCUT2D eigenvalue weighted by Gasteiger charge is 2.13. The first-order chi connectivity index (χ1) is 17.6. The van der Waals surface area contributed by atoms with Gasteiger partial charge in [0.2, 0.25) is 0 Å². The molecular formula is C26H48O9Si. The zero-order valence-corrected chi connectivity index (χ0v) is 23.6. The minimum atomic E-state index is -1.44. The maximum Gasteiger partial charge on any atom is 0.183 e. The molecule has 0 atom stereocenters. The maximum absolute atomic E-state index is 5.71. The van der Waals surface area contributed by atoms with E-state index in [1.165, 1.54) is 0 Å². The molecule has 0 saturated carbocycles. The van der Waals surface area contributed by atoms with E-state index in [1.807, 2.05) is 30.3 Å². The molecule has 0 radical (unpaired) electrons. The van der Waals surface area contributed by atoms with E-state index < -0.39 is 8.32 Å². The number of rotatable bonds is 27. The highest BCUT2D eigenvalue weighted by Crippen LogP contribution is 2.01. The van der Waals surface area contributed by atoms with Crippen molar-refractivity contribution in [3.8, 4) is 0 Å². The Morgan fingerprint density at radius 2 is 0.722 bits per heavy atom. The first-order valence-electron chi connectivity index (χ1n) is 12.9. The summed E-state index contributed by atoms with van der Waals surface area (Å²) < 4.78 is 49.5. The first kappa shape index (κ1) is 33.1. The predicted octanol–water partition coefficient (Wildman–Crippen LogP) is 3.17. The zero-order valence-electron chi connectivity index (χ0n) is 22.6. The fraction of sp³-hybridized carbons (Fsp3) is 0.769. The first-order valence-corrected chi connectivity index (χ1v) is 16.3. The molecule has 1 aromatic rings. The molecule has 0 saturated heterocycles. The van der Waals surface area contributed by atoms with E-state index in [4.69, 9.17) is 42.3 Å². The van der Waals surface area contributed by atoms with Crippen molar-refractivity contribution in [2.75, 3.05) is 106 Å². The second kappa shape index (κ2) is 24.4. The van der Waals surface area contributed by atoms with Crippen molar-refractivity contribution in [1.29, 1.82) is 0 Å². The Bertz CT molecular complexity index is 572. The highest BCUT2D eigenvalue weighted by atomic mass is 28.4. The molecule has 0 N–H and O–H groups in total. The van der Waals surface area contributed by atoms with Crippen LogP contribution in [0.5, 0.6) is 0 Å². The second-order valence-electron chi connectivity index (χ2n) is 8.79. The van der Waals surface area contributed by atoms with Crippen LogP contribution < -0.4 is 0 Å². The quantitative estimate of drug-likeness (QED) is 0.125. The van der Waals surface area contributed by atoms with Gasteiger partial charge in [-0.1, -0.05) is 30.3 Å². The zero-order chi connectivity index (χ0) is 26.0. The van der Waals surface area contributed by atoms with Crippen molar-refractivity contribution in [3.05, 3.63) is 35.9 Å². The van der Waals surface area contributed by atoms with Crippen LogP contribution in [0.25, 0.3) is 0 Å². The summed E-state index contributed by atoms with van der Waals surface area (Å²) in [6.45, 7) is 16.0. The summed E-state index contributed by atoms with van der Waals surface area (Å²) in [5.41, 5.74) is 1.16. The molecule has 0 spiro atoms. The van der Waals surface area contributed by atoms with Crippen LogP contribution in [-0.2, 0) is 48.9 Å². The van der Waals surface area contributed by atoms with Gasteiger partial charge in [0.05, 0.1) is 112 Å². The molecule has 0 amide bonds. The Labute approximate surface area is 218 Å². The monoisotopic (exact) mass is 532 g/mol. The largest absolute Gasteiger partial charge is 0.415 e. The summed E-state index contributed by atoms with van der Waals surface area (Å²) in [5, 5.41) is 0. The van der Waals surface area contributed by atoms with Gasteiger partial charge in [0.25, 0.3) is 0 Å². The molecule has 0 aromatic heterocycles. The summed E-state index contributed by atoms with van der Waals surface area (Å²) in [6, 6.07) is 10.1. The van der Waals surface area contributed by atoms with Gasteiger partial charge in [-0.25, -0.2) is 0 Å². The molecule has 0 heterocycles. The molecule has 0 unspecified atom stereocenters. The van der Waals surface area contributed by atoms with Gasteiger partial charge >= 0.3 is 0 Å². The van der Waals surface area contributed by atoms with Crippen molar-refractivity contribution >= 4 is 8.32 Å². The normalized spacial score (nSPS) is 11.9. The number of hydrogen-bond acceptors (Lipinski definition) is 9. The summed E-state index contributed by atoms with van der Waals surface area (Å²) in [7, 11) is -1.44. The lowest BCUT2D eigenvalue weighted by Crippen LogP contribution is -2.27. The summed E-state index contributed by atoms with van der Waals surface area (Å²) in [5.74, 6) is 0. The van der Waals surface area contributed by atoms with Gasteiger partial charge in [0.1, 0.15) is 0 Å². The average molecular weight is 533 g/mol. The lowest BCUT2D eigenvalue weighted by Gasteiger charge is -2.16. The third kappa shape index (κ3) is 24.8. The molecule has 0 aliphatic heterocycles. The molecule has 0 bridgehead atoms. The van der Waals surface area contributed by atoms with E-state index >= 15 is 0 Å². The van der Waals surface area contributed by atoms with Crippen LogP contribution in [0.15, 0.2) is 30.3 Å². The molecule has 10 heteroatoms. The molecule has 0 aliphatic carbocycles. The van der Waals surface area contributed by atoms with E-state index in [1.54, 1.807) is 0 Å². The Kier molecular flexibility index (Phi) is 22.5. The average Bonchev–Trinajstić information content (AvgIpc) is 2.86. The van der Waals surface area contributed by atoms with Gasteiger partial charge in [-0.05, 0) is 25.2 Å². The Balaban J connectivity index is 1.65. The van der Waals surface area contributed by atoms with Crippen molar-refractivity contribution in [1.82, 2.24) is 0 Å². The Hall–Kier alpha value is -0.923. The van der Waals surface area contributed by atoms with Crippen molar-refractivity contribution < 1.29 is 42.3 Å². The van der Waals surface area contributed by atoms with Crippen LogP contribution >= 0.6 is 0 Å².